The molecule has 1 heterocycles. The zero-order valence-corrected chi connectivity index (χ0v) is 9.47. The Kier molecular flexibility index (Phi) is 3.25. The average molecular weight is 219 g/mol. The van der Waals surface area contributed by atoms with E-state index >= 15 is 0 Å². The van der Waals surface area contributed by atoms with Gasteiger partial charge in [-0.1, -0.05) is 30.3 Å². The van der Waals surface area contributed by atoms with Crippen LogP contribution in [0.25, 0.3) is 0 Å². The van der Waals surface area contributed by atoms with Crippen molar-refractivity contribution in [2.24, 2.45) is 0 Å². The van der Waals surface area contributed by atoms with E-state index in [9.17, 15) is 9.90 Å². The predicted octanol–water partition coefficient (Wildman–Crippen LogP) is 1.38. The van der Waals surface area contributed by atoms with Crippen LogP contribution in [0.3, 0.4) is 0 Å². The molecular formula is C13H17NO2. The summed E-state index contributed by atoms with van der Waals surface area (Å²) in [6, 6.07) is 9.76. The van der Waals surface area contributed by atoms with Gasteiger partial charge in [-0.2, -0.15) is 0 Å². The molecule has 0 bridgehead atoms. The predicted molar refractivity (Wildman–Crippen MR) is 62.1 cm³/mol. The summed E-state index contributed by atoms with van der Waals surface area (Å²) in [6.07, 6.45) is 0.361. The summed E-state index contributed by atoms with van der Waals surface area (Å²) in [5.74, 6) is -0.00532. The molecule has 1 amide bonds. The van der Waals surface area contributed by atoms with Crippen molar-refractivity contribution >= 4 is 5.91 Å². The van der Waals surface area contributed by atoms with Crippen LogP contribution in [-0.2, 0) is 4.79 Å². The standard InChI is InChI=1S/C13H17NO2/c1-10(11-5-3-2-4-6-11)13(16)14-8-7-12(15)9-14/h2-6,10,12,15H,7-9H2,1H3/t10?,12-/m0/s1. The third-order valence-electron chi connectivity index (χ3n) is 3.15. The molecule has 16 heavy (non-hydrogen) atoms. The molecule has 0 saturated carbocycles. The van der Waals surface area contributed by atoms with E-state index in [2.05, 4.69) is 0 Å². The van der Waals surface area contributed by atoms with Gasteiger partial charge in [0.25, 0.3) is 0 Å². The van der Waals surface area contributed by atoms with Crippen LogP contribution in [0.2, 0.25) is 0 Å². The molecule has 0 spiro atoms. The van der Waals surface area contributed by atoms with Gasteiger partial charge >= 0.3 is 0 Å². The maximum absolute atomic E-state index is 12.1. The molecule has 0 aliphatic carbocycles. The second-order valence-electron chi connectivity index (χ2n) is 4.36. The van der Waals surface area contributed by atoms with Crippen LogP contribution in [0.5, 0.6) is 0 Å². The van der Waals surface area contributed by atoms with E-state index in [0.717, 1.165) is 5.56 Å². The highest BCUT2D eigenvalue weighted by Crippen LogP contribution is 2.20. The van der Waals surface area contributed by atoms with Crippen molar-refractivity contribution in [3.8, 4) is 0 Å². The third kappa shape index (κ3) is 2.25. The Morgan fingerprint density at radius 1 is 1.44 bits per heavy atom. The third-order valence-corrected chi connectivity index (χ3v) is 3.15. The summed E-state index contributed by atoms with van der Waals surface area (Å²) in [5.41, 5.74) is 1.04. The summed E-state index contributed by atoms with van der Waals surface area (Å²) < 4.78 is 0. The molecule has 3 nitrogen and oxygen atoms in total. The lowest BCUT2D eigenvalue weighted by molar-refractivity contribution is -0.131. The number of aliphatic hydroxyl groups excluding tert-OH is 1. The molecule has 2 rings (SSSR count). The molecule has 1 N–H and O–H groups in total. The van der Waals surface area contributed by atoms with Crippen molar-refractivity contribution in [1.29, 1.82) is 0 Å². The number of hydrogen-bond donors (Lipinski definition) is 1. The lowest BCUT2D eigenvalue weighted by atomic mass is 10.00. The lowest BCUT2D eigenvalue weighted by Crippen LogP contribution is -2.32. The molecule has 1 unspecified atom stereocenters. The number of likely N-dealkylation sites (tertiary alicyclic amines) is 1. The minimum atomic E-state index is -0.341. The Hall–Kier alpha value is -1.35. The van der Waals surface area contributed by atoms with E-state index in [-0.39, 0.29) is 17.9 Å². The maximum Gasteiger partial charge on any atom is 0.229 e. The quantitative estimate of drug-likeness (QED) is 0.816. The molecule has 0 aromatic heterocycles. The molecular weight excluding hydrogens is 202 g/mol. The number of amides is 1. The van der Waals surface area contributed by atoms with Gasteiger partial charge in [-0.3, -0.25) is 4.79 Å². The number of carbonyl (C=O) groups excluding carboxylic acids is 1. The number of carbonyl (C=O) groups is 1. The highest BCUT2D eigenvalue weighted by Gasteiger charge is 2.28. The van der Waals surface area contributed by atoms with Gasteiger partial charge in [0.2, 0.25) is 5.91 Å². The highest BCUT2D eigenvalue weighted by atomic mass is 16.3. The van der Waals surface area contributed by atoms with E-state index in [0.29, 0.717) is 19.5 Å². The molecule has 0 radical (unpaired) electrons. The minimum Gasteiger partial charge on any atom is -0.391 e. The monoisotopic (exact) mass is 219 g/mol. The van der Waals surface area contributed by atoms with E-state index in [1.54, 1.807) is 4.90 Å². The van der Waals surface area contributed by atoms with Crippen molar-refractivity contribution < 1.29 is 9.90 Å². The fraction of sp³-hybridized carbons (Fsp3) is 0.462. The highest BCUT2D eigenvalue weighted by molar-refractivity contribution is 5.83. The number of benzene rings is 1. The first-order valence-electron chi connectivity index (χ1n) is 5.70. The van der Waals surface area contributed by atoms with Gasteiger partial charge in [0.15, 0.2) is 0 Å². The van der Waals surface area contributed by atoms with Gasteiger partial charge in [0, 0.05) is 13.1 Å². The smallest absolute Gasteiger partial charge is 0.229 e. The summed E-state index contributed by atoms with van der Waals surface area (Å²) >= 11 is 0. The zero-order chi connectivity index (χ0) is 11.5. The van der Waals surface area contributed by atoms with Crippen molar-refractivity contribution in [2.45, 2.75) is 25.4 Å². The first-order valence-corrected chi connectivity index (χ1v) is 5.70. The Morgan fingerprint density at radius 2 is 2.12 bits per heavy atom. The fourth-order valence-corrected chi connectivity index (χ4v) is 2.10. The first-order chi connectivity index (χ1) is 7.68. The molecule has 86 valence electrons. The Labute approximate surface area is 95.7 Å². The van der Waals surface area contributed by atoms with Gasteiger partial charge in [-0.25, -0.2) is 0 Å². The van der Waals surface area contributed by atoms with Gasteiger partial charge in [-0.15, -0.1) is 0 Å². The number of rotatable bonds is 2. The average Bonchev–Trinajstić information content (AvgIpc) is 2.75. The normalized spacial score (nSPS) is 22.1. The lowest BCUT2D eigenvalue weighted by Gasteiger charge is -2.20. The SMILES string of the molecule is CC(C(=O)N1CC[C@H](O)C1)c1ccccc1. The largest absolute Gasteiger partial charge is 0.391 e. The minimum absolute atomic E-state index is 0.114. The van der Waals surface area contributed by atoms with Crippen LogP contribution >= 0.6 is 0 Å². The molecule has 2 atom stereocenters. The van der Waals surface area contributed by atoms with Crippen LogP contribution in [-0.4, -0.2) is 35.1 Å². The van der Waals surface area contributed by atoms with E-state index in [4.69, 9.17) is 0 Å². The summed E-state index contributed by atoms with van der Waals surface area (Å²) in [5, 5.41) is 9.41. The molecule has 1 aliphatic heterocycles. The van der Waals surface area contributed by atoms with E-state index in [1.807, 2.05) is 37.3 Å². The van der Waals surface area contributed by atoms with E-state index in [1.165, 1.54) is 0 Å². The molecule has 1 saturated heterocycles. The van der Waals surface area contributed by atoms with Gasteiger partial charge in [0.1, 0.15) is 0 Å². The first kappa shape index (κ1) is 11.1. The Bertz CT molecular complexity index is 363. The topological polar surface area (TPSA) is 40.5 Å². The van der Waals surface area contributed by atoms with Crippen LogP contribution in [0, 0.1) is 0 Å². The van der Waals surface area contributed by atoms with Crippen LogP contribution in [0.15, 0.2) is 30.3 Å². The molecule has 1 aliphatic rings. The Balaban J connectivity index is 2.05. The second-order valence-corrected chi connectivity index (χ2v) is 4.36. The summed E-state index contributed by atoms with van der Waals surface area (Å²) in [7, 11) is 0. The van der Waals surface area contributed by atoms with Gasteiger partial charge in [0.05, 0.1) is 12.0 Å². The number of nitrogens with zero attached hydrogens (tertiary/aromatic N) is 1. The maximum atomic E-state index is 12.1. The van der Waals surface area contributed by atoms with Crippen molar-refractivity contribution in [3.05, 3.63) is 35.9 Å². The number of hydrogen-bond acceptors (Lipinski definition) is 2. The second kappa shape index (κ2) is 4.66. The molecule has 3 heteroatoms. The molecule has 1 fully saturated rings. The van der Waals surface area contributed by atoms with E-state index < -0.39 is 0 Å². The van der Waals surface area contributed by atoms with Crippen LogP contribution < -0.4 is 0 Å². The van der Waals surface area contributed by atoms with Crippen molar-refractivity contribution in [2.75, 3.05) is 13.1 Å². The molecule has 1 aromatic carbocycles. The van der Waals surface area contributed by atoms with Gasteiger partial charge < -0.3 is 10.0 Å². The fourth-order valence-electron chi connectivity index (χ4n) is 2.10. The van der Waals surface area contributed by atoms with Crippen LogP contribution in [0.1, 0.15) is 24.8 Å². The van der Waals surface area contributed by atoms with Gasteiger partial charge in [-0.05, 0) is 18.9 Å². The Morgan fingerprint density at radius 3 is 2.69 bits per heavy atom. The summed E-state index contributed by atoms with van der Waals surface area (Å²) in [6.45, 7) is 3.08. The number of aliphatic hydroxyl groups is 1. The molecule has 1 aromatic rings. The summed E-state index contributed by atoms with van der Waals surface area (Å²) in [4.78, 5) is 13.9. The van der Waals surface area contributed by atoms with Crippen molar-refractivity contribution in [1.82, 2.24) is 4.90 Å². The van der Waals surface area contributed by atoms with Crippen LogP contribution in [0.4, 0.5) is 0 Å². The number of β-amino-alcohol motifs (C(OH)–C–C–N with tert-alkyl or cyclic N) is 1. The zero-order valence-electron chi connectivity index (χ0n) is 9.47. The van der Waals surface area contributed by atoms with Crippen molar-refractivity contribution in [3.63, 3.8) is 0 Å².